The summed E-state index contributed by atoms with van der Waals surface area (Å²) in [6.45, 7) is 3.37. The van der Waals surface area contributed by atoms with Gasteiger partial charge in [0.15, 0.2) is 0 Å². The first-order chi connectivity index (χ1) is 18.4. The van der Waals surface area contributed by atoms with Crippen LogP contribution in [0.25, 0.3) is 22.2 Å². The van der Waals surface area contributed by atoms with E-state index in [-0.39, 0.29) is 0 Å². The molecule has 0 aliphatic heterocycles. The molecule has 0 amide bonds. The van der Waals surface area contributed by atoms with Crippen molar-refractivity contribution in [3.63, 3.8) is 0 Å². The molecular weight excluding hydrogens is 566 g/mol. The van der Waals surface area contributed by atoms with E-state index >= 15 is 0 Å². The molecule has 7 nitrogen and oxygen atoms in total. The average molecular weight is 595 g/mol. The molecule has 2 aromatic carbocycles. The van der Waals surface area contributed by atoms with Crippen LogP contribution in [0.2, 0.25) is 0 Å². The summed E-state index contributed by atoms with van der Waals surface area (Å²) in [5.41, 5.74) is 2.89. The monoisotopic (exact) mass is 593 g/mol. The zero-order valence-electron chi connectivity index (χ0n) is 21.0. The highest BCUT2D eigenvalue weighted by atomic mass is 79.9. The van der Waals surface area contributed by atoms with E-state index in [4.69, 9.17) is 9.47 Å². The Labute approximate surface area is 231 Å². The summed E-state index contributed by atoms with van der Waals surface area (Å²) in [6, 6.07) is 19.4. The molecule has 2 aromatic heterocycles. The Morgan fingerprint density at radius 3 is 2.74 bits per heavy atom. The lowest BCUT2D eigenvalue weighted by molar-refractivity contribution is 0.107. The van der Waals surface area contributed by atoms with Gasteiger partial charge in [-0.2, -0.15) is 9.19 Å². The normalized spacial score (nSPS) is 17.5. The molecule has 38 heavy (non-hydrogen) atoms. The van der Waals surface area contributed by atoms with E-state index in [1.165, 1.54) is 0 Å². The summed E-state index contributed by atoms with van der Waals surface area (Å²) in [7, 11) is -3.90. The van der Waals surface area contributed by atoms with Crippen LogP contribution in [-0.2, 0) is 21.4 Å². The zero-order chi connectivity index (χ0) is 26.6. The topological polar surface area (TPSA) is 83.3 Å². The molecule has 0 radical (unpaired) electrons. The predicted octanol–water partition coefficient (Wildman–Crippen LogP) is 6.26. The quantitative estimate of drug-likeness (QED) is 0.202. The van der Waals surface area contributed by atoms with E-state index in [1.807, 2.05) is 66.7 Å². The summed E-state index contributed by atoms with van der Waals surface area (Å²) in [5.74, 6) is 0.682. The second-order valence-electron chi connectivity index (χ2n) is 9.31. The molecule has 4 aromatic rings. The lowest BCUT2D eigenvalue weighted by Crippen LogP contribution is -2.39. The molecule has 0 saturated heterocycles. The van der Waals surface area contributed by atoms with Crippen LogP contribution in [0.15, 0.2) is 95.8 Å². The molecule has 0 spiro atoms. The van der Waals surface area contributed by atoms with E-state index < -0.39 is 14.8 Å². The molecule has 0 saturated carbocycles. The van der Waals surface area contributed by atoms with Crippen LogP contribution < -0.4 is 4.74 Å². The van der Waals surface area contributed by atoms with Crippen molar-refractivity contribution in [3.8, 4) is 17.0 Å². The molecule has 1 atom stereocenters. The van der Waals surface area contributed by atoms with E-state index in [1.54, 1.807) is 31.5 Å². The maximum absolute atomic E-state index is 13.8. The van der Waals surface area contributed by atoms with Crippen molar-refractivity contribution in [2.75, 3.05) is 13.2 Å². The van der Waals surface area contributed by atoms with Crippen LogP contribution >= 0.6 is 15.9 Å². The first-order valence-electron chi connectivity index (χ1n) is 12.4. The number of benzene rings is 2. The van der Waals surface area contributed by atoms with Gasteiger partial charge >= 0.3 is 0 Å². The minimum absolute atomic E-state index is 0.347. The Hall–Kier alpha value is -3.27. The lowest BCUT2D eigenvalue weighted by Gasteiger charge is -2.27. The maximum atomic E-state index is 13.8. The third-order valence-corrected chi connectivity index (χ3v) is 9.12. The Balaban J connectivity index is 1.33. The van der Waals surface area contributed by atoms with Crippen LogP contribution in [0.5, 0.6) is 5.75 Å². The van der Waals surface area contributed by atoms with Crippen LogP contribution in [0.1, 0.15) is 25.3 Å². The number of nitrogens with zero attached hydrogens (tertiary/aromatic N) is 3. The van der Waals surface area contributed by atoms with Gasteiger partial charge in [0.05, 0.1) is 26.0 Å². The van der Waals surface area contributed by atoms with E-state index in [0.29, 0.717) is 48.6 Å². The largest absolute Gasteiger partial charge is 0.493 e. The number of ether oxygens (including phenoxy) is 2. The SMILES string of the molecule is CC1(S(=O)(=O)n2nc(-c3cccc(OCCCOCc4ccccc4)c3)c3ccncc32)C=C(Br)C=CC1. The van der Waals surface area contributed by atoms with Crippen LogP contribution in [0.3, 0.4) is 0 Å². The number of hydrogen-bond acceptors (Lipinski definition) is 6. The highest BCUT2D eigenvalue weighted by Crippen LogP contribution is 2.36. The zero-order valence-corrected chi connectivity index (χ0v) is 23.4. The number of fused-ring (bicyclic) bond motifs is 1. The standard InChI is InChI=1S/C29H28BrN3O4S/c1-29(14-6-11-24(30)19-29)38(34,35)33-27-20-31-15-13-26(27)28(32-33)23-10-5-12-25(18-23)37-17-7-16-36-21-22-8-3-2-4-9-22/h2-6,8-13,15,18-20H,7,14,16-17,21H2,1H3. The number of halogens is 1. The van der Waals surface area contributed by atoms with Crippen LogP contribution in [0, 0.1) is 0 Å². The summed E-state index contributed by atoms with van der Waals surface area (Å²) in [6.07, 6.45) is 9.69. The number of allylic oxidation sites excluding steroid dienone is 3. The number of hydrogen-bond donors (Lipinski definition) is 0. The molecule has 196 valence electrons. The van der Waals surface area contributed by atoms with Crippen molar-refractivity contribution in [2.45, 2.75) is 31.1 Å². The van der Waals surface area contributed by atoms with Crippen molar-refractivity contribution in [1.29, 1.82) is 0 Å². The highest BCUT2D eigenvalue weighted by molar-refractivity contribution is 9.11. The molecule has 9 heteroatoms. The maximum Gasteiger partial charge on any atom is 0.263 e. The summed E-state index contributed by atoms with van der Waals surface area (Å²) in [5, 5.41) is 5.31. The molecule has 0 N–H and O–H groups in total. The fourth-order valence-corrected chi connectivity index (χ4v) is 6.78. The van der Waals surface area contributed by atoms with Gasteiger partial charge in [-0.05, 0) is 43.2 Å². The fraction of sp³-hybridized carbons (Fsp3) is 0.241. The number of aromatic nitrogens is 3. The summed E-state index contributed by atoms with van der Waals surface area (Å²) >= 11 is 3.42. The minimum Gasteiger partial charge on any atom is -0.493 e. The van der Waals surface area contributed by atoms with Gasteiger partial charge in [0.2, 0.25) is 0 Å². The lowest BCUT2D eigenvalue weighted by atomic mass is 10.0. The Morgan fingerprint density at radius 1 is 1.08 bits per heavy atom. The van der Waals surface area contributed by atoms with Gasteiger partial charge in [-0.1, -0.05) is 70.5 Å². The molecule has 0 bridgehead atoms. The van der Waals surface area contributed by atoms with Crippen LogP contribution in [0.4, 0.5) is 0 Å². The van der Waals surface area contributed by atoms with Crippen molar-refractivity contribution < 1.29 is 17.9 Å². The van der Waals surface area contributed by atoms with Crippen molar-refractivity contribution in [1.82, 2.24) is 14.2 Å². The Bertz CT molecular complexity index is 1600. The smallest absolute Gasteiger partial charge is 0.263 e. The van der Waals surface area contributed by atoms with Crippen LogP contribution in [-0.4, -0.2) is 40.5 Å². The van der Waals surface area contributed by atoms with Crippen molar-refractivity contribution in [2.24, 2.45) is 0 Å². The third-order valence-electron chi connectivity index (χ3n) is 6.43. The van der Waals surface area contributed by atoms with E-state index in [0.717, 1.165) is 26.1 Å². The Kier molecular flexibility index (Phi) is 7.78. The molecule has 1 unspecified atom stereocenters. The van der Waals surface area contributed by atoms with Crippen molar-refractivity contribution in [3.05, 3.63) is 101 Å². The predicted molar refractivity (Wildman–Crippen MR) is 153 cm³/mol. The average Bonchev–Trinajstić information content (AvgIpc) is 3.32. The third kappa shape index (κ3) is 5.45. The summed E-state index contributed by atoms with van der Waals surface area (Å²) < 4.78 is 40.1. The van der Waals surface area contributed by atoms with Crippen molar-refractivity contribution >= 4 is 36.9 Å². The van der Waals surface area contributed by atoms with Gasteiger partial charge < -0.3 is 9.47 Å². The fourth-order valence-electron chi connectivity index (χ4n) is 4.36. The van der Waals surface area contributed by atoms with Gasteiger partial charge in [0.1, 0.15) is 21.7 Å². The molecule has 5 rings (SSSR count). The number of pyridine rings is 1. The van der Waals surface area contributed by atoms with Gasteiger partial charge in [-0.3, -0.25) is 4.98 Å². The Morgan fingerprint density at radius 2 is 1.92 bits per heavy atom. The molecular formula is C29H28BrN3O4S. The molecule has 0 fully saturated rings. The van der Waals surface area contributed by atoms with Gasteiger partial charge in [-0.15, -0.1) is 0 Å². The van der Waals surface area contributed by atoms with Gasteiger partial charge in [0, 0.05) is 28.0 Å². The molecule has 1 aliphatic rings. The molecule has 1 aliphatic carbocycles. The van der Waals surface area contributed by atoms with Gasteiger partial charge in [-0.25, -0.2) is 8.42 Å². The second kappa shape index (κ2) is 11.2. The second-order valence-corrected chi connectivity index (χ2v) is 12.5. The highest BCUT2D eigenvalue weighted by Gasteiger charge is 2.41. The number of rotatable bonds is 10. The first kappa shape index (κ1) is 26.3. The van der Waals surface area contributed by atoms with E-state index in [2.05, 4.69) is 26.0 Å². The van der Waals surface area contributed by atoms with Gasteiger partial charge in [0.25, 0.3) is 10.0 Å². The van der Waals surface area contributed by atoms with E-state index in [9.17, 15) is 8.42 Å². The molecule has 2 heterocycles. The first-order valence-corrected chi connectivity index (χ1v) is 14.6. The summed E-state index contributed by atoms with van der Waals surface area (Å²) in [4.78, 5) is 4.18. The minimum atomic E-state index is -3.90.